The molecule has 22 heavy (non-hydrogen) atoms. The summed E-state index contributed by atoms with van der Waals surface area (Å²) in [6.45, 7) is 14.4. The maximum Gasteiger partial charge on any atom is 0.414 e. The minimum atomic E-state index is -0.707. The fourth-order valence-corrected chi connectivity index (χ4v) is 1.18. The van der Waals surface area contributed by atoms with Gasteiger partial charge in [-0.1, -0.05) is 6.08 Å². The summed E-state index contributed by atoms with van der Waals surface area (Å²) in [6, 6.07) is 0. The van der Waals surface area contributed by atoms with Crippen LogP contribution in [0.1, 0.15) is 48.0 Å². The number of amides is 2. The van der Waals surface area contributed by atoms with Crippen LogP contribution in [-0.2, 0) is 9.47 Å². The van der Waals surface area contributed by atoms with Crippen molar-refractivity contribution < 1.29 is 19.1 Å². The Bertz CT molecular complexity index is 399. The Morgan fingerprint density at radius 3 is 1.73 bits per heavy atom. The van der Waals surface area contributed by atoms with Crippen molar-refractivity contribution in [3.63, 3.8) is 0 Å². The molecule has 0 aromatic carbocycles. The molecule has 0 radical (unpaired) electrons. The van der Waals surface area contributed by atoms with Crippen molar-refractivity contribution >= 4 is 18.1 Å². The zero-order chi connectivity index (χ0) is 17.4. The molecule has 0 rings (SSSR count). The standard InChI is InChI=1S/C15H27N3O4/c1-8-9-10-16-11(17-12(19)21-14(2,3)4)18-13(20)22-15(5,6)7/h8H,1,9-10H2,2-7H3,(H2,16,17,18,19,20). The second-order valence-corrected chi connectivity index (χ2v) is 6.56. The van der Waals surface area contributed by atoms with Gasteiger partial charge in [0.2, 0.25) is 5.96 Å². The molecule has 0 saturated carbocycles. The van der Waals surface area contributed by atoms with Gasteiger partial charge in [0.05, 0.1) is 0 Å². The molecule has 0 aromatic heterocycles. The lowest BCUT2D eigenvalue weighted by molar-refractivity contribution is 0.0545. The van der Waals surface area contributed by atoms with Crippen LogP contribution in [0.5, 0.6) is 0 Å². The molecule has 126 valence electrons. The van der Waals surface area contributed by atoms with E-state index in [1.165, 1.54) is 0 Å². The van der Waals surface area contributed by atoms with Crippen molar-refractivity contribution in [2.75, 3.05) is 6.54 Å². The molecule has 0 aliphatic heterocycles. The van der Waals surface area contributed by atoms with E-state index in [0.29, 0.717) is 13.0 Å². The van der Waals surface area contributed by atoms with Gasteiger partial charge in [0.25, 0.3) is 0 Å². The van der Waals surface area contributed by atoms with Crippen LogP contribution in [0.4, 0.5) is 9.59 Å². The molecule has 0 saturated heterocycles. The zero-order valence-electron chi connectivity index (χ0n) is 14.3. The summed E-state index contributed by atoms with van der Waals surface area (Å²) in [4.78, 5) is 27.6. The van der Waals surface area contributed by atoms with Gasteiger partial charge in [-0.3, -0.25) is 15.6 Å². The van der Waals surface area contributed by atoms with E-state index in [4.69, 9.17) is 9.47 Å². The third kappa shape index (κ3) is 11.7. The normalized spacial score (nSPS) is 11.2. The third-order valence-corrected chi connectivity index (χ3v) is 1.84. The number of rotatable bonds is 3. The molecule has 0 aliphatic carbocycles. The number of guanidine groups is 1. The number of nitrogens with zero attached hydrogens (tertiary/aromatic N) is 1. The molecule has 7 heteroatoms. The number of nitrogens with one attached hydrogen (secondary N) is 2. The predicted molar refractivity (Wildman–Crippen MR) is 85.9 cm³/mol. The number of hydrogen-bond donors (Lipinski definition) is 2. The molecule has 0 fully saturated rings. The van der Waals surface area contributed by atoms with Crippen LogP contribution in [-0.4, -0.2) is 35.9 Å². The van der Waals surface area contributed by atoms with Crippen LogP contribution in [0.15, 0.2) is 17.6 Å². The Morgan fingerprint density at radius 2 is 1.41 bits per heavy atom. The van der Waals surface area contributed by atoms with Crippen LogP contribution in [0.3, 0.4) is 0 Å². The van der Waals surface area contributed by atoms with Crippen molar-refractivity contribution in [2.24, 2.45) is 4.99 Å². The number of carbonyl (C=O) groups is 2. The van der Waals surface area contributed by atoms with Crippen LogP contribution < -0.4 is 10.6 Å². The van der Waals surface area contributed by atoms with Gasteiger partial charge < -0.3 is 9.47 Å². The van der Waals surface area contributed by atoms with Gasteiger partial charge >= 0.3 is 12.2 Å². The minimum Gasteiger partial charge on any atom is -0.444 e. The van der Waals surface area contributed by atoms with E-state index in [0.717, 1.165) is 0 Å². The SMILES string of the molecule is C=CCCN=C(NC(=O)OC(C)(C)C)NC(=O)OC(C)(C)C. The Kier molecular flexibility index (Phi) is 7.62. The quantitative estimate of drug-likeness (QED) is 0.363. The Hall–Kier alpha value is -2.05. The Morgan fingerprint density at radius 1 is 1.00 bits per heavy atom. The average Bonchev–Trinajstić information content (AvgIpc) is 2.23. The lowest BCUT2D eigenvalue weighted by Gasteiger charge is -2.22. The zero-order valence-corrected chi connectivity index (χ0v) is 14.3. The molecular weight excluding hydrogens is 286 g/mol. The summed E-state index contributed by atoms with van der Waals surface area (Å²) in [7, 11) is 0. The van der Waals surface area contributed by atoms with E-state index in [9.17, 15) is 9.59 Å². The van der Waals surface area contributed by atoms with Crippen LogP contribution >= 0.6 is 0 Å². The lowest BCUT2D eigenvalue weighted by Crippen LogP contribution is -2.47. The monoisotopic (exact) mass is 313 g/mol. The van der Waals surface area contributed by atoms with E-state index in [-0.39, 0.29) is 5.96 Å². The maximum absolute atomic E-state index is 11.7. The van der Waals surface area contributed by atoms with Crippen LogP contribution in [0.25, 0.3) is 0 Å². The number of hydrogen-bond acceptors (Lipinski definition) is 5. The number of aliphatic imine (C=N–C) groups is 1. The van der Waals surface area contributed by atoms with E-state index in [2.05, 4.69) is 22.2 Å². The first-order valence-corrected chi connectivity index (χ1v) is 7.08. The second-order valence-electron chi connectivity index (χ2n) is 6.56. The first-order valence-electron chi connectivity index (χ1n) is 7.08. The summed E-state index contributed by atoms with van der Waals surface area (Å²) < 4.78 is 10.2. The lowest BCUT2D eigenvalue weighted by atomic mass is 10.2. The predicted octanol–water partition coefficient (Wildman–Crippen LogP) is 2.97. The highest BCUT2D eigenvalue weighted by Gasteiger charge is 2.20. The third-order valence-electron chi connectivity index (χ3n) is 1.84. The van der Waals surface area contributed by atoms with Gasteiger partial charge in [-0.15, -0.1) is 6.58 Å². The van der Waals surface area contributed by atoms with Crippen LogP contribution in [0.2, 0.25) is 0 Å². The van der Waals surface area contributed by atoms with Gasteiger partial charge in [-0.2, -0.15) is 0 Å². The maximum atomic E-state index is 11.7. The number of ether oxygens (including phenoxy) is 2. The van der Waals surface area contributed by atoms with E-state index < -0.39 is 23.4 Å². The van der Waals surface area contributed by atoms with Crippen molar-refractivity contribution in [1.29, 1.82) is 0 Å². The van der Waals surface area contributed by atoms with Gasteiger partial charge in [-0.25, -0.2) is 9.59 Å². The number of carbonyl (C=O) groups excluding carboxylic acids is 2. The van der Waals surface area contributed by atoms with Crippen molar-refractivity contribution in [1.82, 2.24) is 10.6 Å². The summed E-state index contributed by atoms with van der Waals surface area (Å²) >= 11 is 0. The highest BCUT2D eigenvalue weighted by Crippen LogP contribution is 2.07. The minimum absolute atomic E-state index is 0.0228. The fraction of sp³-hybridized carbons (Fsp3) is 0.667. The topological polar surface area (TPSA) is 89.0 Å². The van der Waals surface area contributed by atoms with Crippen molar-refractivity contribution in [3.05, 3.63) is 12.7 Å². The highest BCUT2D eigenvalue weighted by molar-refractivity contribution is 6.01. The summed E-state index contributed by atoms with van der Waals surface area (Å²) in [5.41, 5.74) is -1.30. The van der Waals surface area contributed by atoms with E-state index in [1.54, 1.807) is 47.6 Å². The van der Waals surface area contributed by atoms with Gasteiger partial charge in [-0.05, 0) is 48.0 Å². The highest BCUT2D eigenvalue weighted by atomic mass is 16.6. The van der Waals surface area contributed by atoms with Crippen molar-refractivity contribution in [3.8, 4) is 0 Å². The van der Waals surface area contributed by atoms with Gasteiger partial charge in [0.1, 0.15) is 11.2 Å². The molecule has 0 heterocycles. The van der Waals surface area contributed by atoms with E-state index in [1.807, 2.05) is 0 Å². The fourth-order valence-electron chi connectivity index (χ4n) is 1.18. The summed E-state index contributed by atoms with van der Waals surface area (Å²) in [5, 5.41) is 4.78. The van der Waals surface area contributed by atoms with Gasteiger partial charge in [0.15, 0.2) is 0 Å². The molecule has 2 amide bonds. The second kappa shape index (κ2) is 8.41. The molecule has 7 nitrogen and oxygen atoms in total. The first-order chi connectivity index (χ1) is 9.93. The van der Waals surface area contributed by atoms with Gasteiger partial charge in [0, 0.05) is 6.54 Å². The molecule has 0 bridgehead atoms. The molecule has 0 unspecified atom stereocenters. The van der Waals surface area contributed by atoms with E-state index >= 15 is 0 Å². The largest absolute Gasteiger partial charge is 0.444 e. The molecule has 0 aliphatic rings. The molecule has 2 N–H and O–H groups in total. The Labute approximate surface area is 132 Å². The molecule has 0 atom stereocenters. The first kappa shape index (κ1) is 19.9. The van der Waals surface area contributed by atoms with Crippen molar-refractivity contribution in [2.45, 2.75) is 59.2 Å². The average molecular weight is 313 g/mol. The molecule has 0 spiro atoms. The summed E-state index contributed by atoms with van der Waals surface area (Å²) in [6.07, 6.45) is 0.874. The molecule has 0 aromatic rings. The smallest absolute Gasteiger partial charge is 0.414 e. The Balaban J connectivity index is 4.76. The molecular formula is C15H27N3O4. The number of alkyl carbamates (subject to hydrolysis) is 2. The summed E-state index contributed by atoms with van der Waals surface area (Å²) in [5.74, 6) is -0.0228. The van der Waals surface area contributed by atoms with Crippen LogP contribution in [0, 0.1) is 0 Å².